The summed E-state index contributed by atoms with van der Waals surface area (Å²) in [5.41, 5.74) is 21.3. The maximum atomic E-state index is 2.56. The van der Waals surface area contributed by atoms with Crippen molar-refractivity contribution in [1.29, 1.82) is 0 Å². The molecule has 0 spiro atoms. The maximum Gasteiger partial charge on any atom is 0.0540 e. The molecule has 2 aliphatic carbocycles. The Hall–Kier alpha value is -6.44. The molecular formula is C54H43N. The van der Waals surface area contributed by atoms with E-state index in [2.05, 4.69) is 221 Å². The van der Waals surface area contributed by atoms with Gasteiger partial charge in [0.25, 0.3) is 0 Å². The van der Waals surface area contributed by atoms with Gasteiger partial charge in [0, 0.05) is 22.0 Å². The van der Waals surface area contributed by atoms with Gasteiger partial charge >= 0.3 is 0 Å². The summed E-state index contributed by atoms with van der Waals surface area (Å²) >= 11 is 0. The topological polar surface area (TPSA) is 3.24 Å². The average molecular weight is 706 g/mol. The van der Waals surface area contributed by atoms with Gasteiger partial charge in [0.15, 0.2) is 0 Å². The Morgan fingerprint density at radius 2 is 0.745 bits per heavy atom. The van der Waals surface area contributed by atoms with Crippen LogP contribution in [0.25, 0.3) is 55.6 Å². The van der Waals surface area contributed by atoms with Crippen molar-refractivity contribution < 1.29 is 0 Å². The van der Waals surface area contributed by atoms with E-state index in [4.69, 9.17) is 0 Å². The number of benzene rings is 8. The van der Waals surface area contributed by atoms with Crippen molar-refractivity contribution >= 4 is 17.1 Å². The first kappa shape index (κ1) is 33.2. The Morgan fingerprint density at radius 1 is 0.291 bits per heavy atom. The molecule has 0 atom stereocenters. The van der Waals surface area contributed by atoms with Gasteiger partial charge in [-0.15, -0.1) is 0 Å². The first-order valence-corrected chi connectivity index (χ1v) is 19.5. The number of rotatable bonds is 6. The Kier molecular flexibility index (Phi) is 7.58. The van der Waals surface area contributed by atoms with Crippen LogP contribution < -0.4 is 4.90 Å². The van der Waals surface area contributed by atoms with Gasteiger partial charge in [0.05, 0.1) is 17.1 Å². The van der Waals surface area contributed by atoms with E-state index in [-0.39, 0.29) is 10.8 Å². The number of anilines is 3. The fraction of sp³-hybridized carbons (Fsp3) is 0.111. The normalized spacial score (nSPS) is 14.1. The van der Waals surface area contributed by atoms with Crippen LogP contribution >= 0.6 is 0 Å². The molecule has 0 amide bonds. The third kappa shape index (κ3) is 5.07. The van der Waals surface area contributed by atoms with E-state index in [1.165, 1.54) is 83.6 Å². The minimum absolute atomic E-state index is 0.0921. The lowest BCUT2D eigenvalue weighted by Crippen LogP contribution is -2.21. The summed E-state index contributed by atoms with van der Waals surface area (Å²) in [5, 5.41) is 0. The first-order chi connectivity index (χ1) is 26.8. The van der Waals surface area contributed by atoms with Crippen molar-refractivity contribution in [1.82, 2.24) is 0 Å². The smallest absolute Gasteiger partial charge is 0.0540 e. The number of para-hydroxylation sites is 2. The lowest BCUT2D eigenvalue weighted by atomic mass is 9.81. The second-order valence-electron chi connectivity index (χ2n) is 16.1. The zero-order valence-corrected chi connectivity index (χ0v) is 31.8. The molecule has 0 saturated carbocycles. The molecule has 0 N–H and O–H groups in total. The number of fused-ring (bicyclic) bond motifs is 6. The molecule has 0 aliphatic heterocycles. The van der Waals surface area contributed by atoms with Gasteiger partial charge in [-0.25, -0.2) is 0 Å². The zero-order valence-electron chi connectivity index (χ0n) is 31.8. The number of hydrogen-bond acceptors (Lipinski definition) is 1. The second kappa shape index (κ2) is 12.6. The molecule has 0 bridgehead atoms. The van der Waals surface area contributed by atoms with Gasteiger partial charge in [-0.2, -0.15) is 0 Å². The molecule has 55 heavy (non-hydrogen) atoms. The third-order valence-corrected chi connectivity index (χ3v) is 12.3. The molecule has 2 aliphatic rings. The Labute approximate surface area is 325 Å². The fourth-order valence-corrected chi connectivity index (χ4v) is 9.66. The van der Waals surface area contributed by atoms with E-state index in [9.17, 15) is 0 Å². The van der Waals surface area contributed by atoms with Crippen molar-refractivity contribution in [3.8, 4) is 55.6 Å². The van der Waals surface area contributed by atoms with E-state index >= 15 is 0 Å². The quantitative estimate of drug-likeness (QED) is 0.166. The molecule has 0 aromatic heterocycles. The van der Waals surface area contributed by atoms with Crippen LogP contribution in [0.4, 0.5) is 17.1 Å². The van der Waals surface area contributed by atoms with Crippen LogP contribution in [0.3, 0.4) is 0 Å². The molecule has 0 heterocycles. The molecule has 1 heteroatoms. The molecule has 0 saturated heterocycles. The van der Waals surface area contributed by atoms with Crippen LogP contribution in [0.2, 0.25) is 0 Å². The average Bonchev–Trinajstić information content (AvgIpc) is 3.62. The summed E-state index contributed by atoms with van der Waals surface area (Å²) in [4.78, 5) is 2.56. The van der Waals surface area contributed by atoms with Gasteiger partial charge in [-0.1, -0.05) is 198 Å². The molecule has 1 nitrogen and oxygen atoms in total. The van der Waals surface area contributed by atoms with Gasteiger partial charge in [0.2, 0.25) is 0 Å². The SMILES string of the molecule is CC1(C)c2ccccc2-c2c(-c3ccccc3N(c3ccccc3-c3ccc(-c4ccccc4)cc3)c3cccc4c3C(C)(C)c3ccccc3-4)cccc21. The van der Waals surface area contributed by atoms with Crippen LogP contribution in [0, 0.1) is 0 Å². The molecule has 0 fully saturated rings. The van der Waals surface area contributed by atoms with E-state index in [0.717, 1.165) is 11.4 Å². The highest BCUT2D eigenvalue weighted by Crippen LogP contribution is 2.57. The monoisotopic (exact) mass is 705 g/mol. The minimum atomic E-state index is -0.209. The molecule has 0 radical (unpaired) electrons. The predicted molar refractivity (Wildman–Crippen MR) is 233 cm³/mol. The predicted octanol–water partition coefficient (Wildman–Crippen LogP) is 14.8. The Morgan fingerprint density at radius 3 is 1.47 bits per heavy atom. The van der Waals surface area contributed by atoms with Crippen molar-refractivity contribution in [2.24, 2.45) is 0 Å². The van der Waals surface area contributed by atoms with Crippen LogP contribution in [0.1, 0.15) is 49.9 Å². The van der Waals surface area contributed by atoms with E-state index in [1.807, 2.05) is 0 Å². The Bertz CT molecular complexity index is 2750. The van der Waals surface area contributed by atoms with Crippen molar-refractivity contribution in [2.45, 2.75) is 38.5 Å². The number of nitrogens with zero attached hydrogens (tertiary/aromatic N) is 1. The summed E-state index contributed by atoms with van der Waals surface area (Å²) in [5.74, 6) is 0. The van der Waals surface area contributed by atoms with Gasteiger partial charge in [-0.3, -0.25) is 0 Å². The highest BCUT2D eigenvalue weighted by Gasteiger charge is 2.40. The van der Waals surface area contributed by atoms with Gasteiger partial charge < -0.3 is 4.90 Å². The number of hydrogen-bond donors (Lipinski definition) is 0. The summed E-state index contributed by atoms with van der Waals surface area (Å²) in [6.45, 7) is 9.52. The van der Waals surface area contributed by atoms with Crippen LogP contribution in [-0.2, 0) is 10.8 Å². The summed E-state index contributed by atoms with van der Waals surface area (Å²) in [6.07, 6.45) is 0. The highest BCUT2D eigenvalue weighted by atomic mass is 15.2. The lowest BCUT2D eigenvalue weighted by Gasteiger charge is -2.34. The minimum Gasteiger partial charge on any atom is -0.309 e. The van der Waals surface area contributed by atoms with E-state index in [0.29, 0.717) is 0 Å². The lowest BCUT2D eigenvalue weighted by molar-refractivity contribution is 0.660. The van der Waals surface area contributed by atoms with Crippen molar-refractivity contribution in [2.75, 3.05) is 4.90 Å². The fourth-order valence-electron chi connectivity index (χ4n) is 9.66. The van der Waals surface area contributed by atoms with Crippen LogP contribution in [0.5, 0.6) is 0 Å². The third-order valence-electron chi connectivity index (χ3n) is 12.3. The molecule has 0 unspecified atom stereocenters. The largest absolute Gasteiger partial charge is 0.309 e. The standard InChI is InChI=1S/C54H43N/c1-53(2)46-27-13-9-23-44(46)51-42(24-16-28-47(51)53)41-22-11-15-30-49(41)55(50-31-17-25-43-40-21-8-12-26-45(40)54(3,4)52(43)50)48-29-14-10-20-39(48)38-34-32-37(33-35-38)36-18-6-5-7-19-36/h5-35H,1-4H3. The highest BCUT2D eigenvalue weighted by molar-refractivity contribution is 6.01. The van der Waals surface area contributed by atoms with Crippen LogP contribution in [-0.4, -0.2) is 0 Å². The molecule has 264 valence electrons. The summed E-state index contributed by atoms with van der Waals surface area (Å²) in [6, 6.07) is 69.5. The zero-order chi connectivity index (χ0) is 37.3. The molecule has 10 rings (SSSR count). The van der Waals surface area contributed by atoms with E-state index < -0.39 is 0 Å². The van der Waals surface area contributed by atoms with Gasteiger partial charge in [0.1, 0.15) is 0 Å². The second-order valence-corrected chi connectivity index (χ2v) is 16.1. The summed E-state index contributed by atoms with van der Waals surface area (Å²) < 4.78 is 0. The first-order valence-electron chi connectivity index (χ1n) is 19.5. The van der Waals surface area contributed by atoms with Crippen LogP contribution in [0.15, 0.2) is 188 Å². The van der Waals surface area contributed by atoms with Crippen molar-refractivity contribution in [3.05, 3.63) is 210 Å². The molecule has 8 aromatic rings. The Balaban J connectivity index is 1.24. The molecule has 8 aromatic carbocycles. The molecular weight excluding hydrogens is 663 g/mol. The van der Waals surface area contributed by atoms with Gasteiger partial charge in [-0.05, 0) is 85.0 Å². The van der Waals surface area contributed by atoms with E-state index in [1.54, 1.807) is 0 Å². The summed E-state index contributed by atoms with van der Waals surface area (Å²) in [7, 11) is 0. The maximum absolute atomic E-state index is 2.56. The van der Waals surface area contributed by atoms with Crippen molar-refractivity contribution in [3.63, 3.8) is 0 Å².